The molecule has 19 heavy (non-hydrogen) atoms. The van der Waals surface area contributed by atoms with Gasteiger partial charge in [0.25, 0.3) is 0 Å². The highest BCUT2D eigenvalue weighted by atomic mass is 19.1. The smallest absolute Gasteiger partial charge is 0.137 e. The van der Waals surface area contributed by atoms with Gasteiger partial charge in [0, 0.05) is 19.6 Å². The lowest BCUT2D eigenvalue weighted by molar-refractivity contribution is 0.0174. The van der Waals surface area contributed by atoms with E-state index >= 15 is 0 Å². The van der Waals surface area contributed by atoms with Gasteiger partial charge in [0.2, 0.25) is 0 Å². The standard InChI is InChI=1S/C13H15FN4O/c14-11-1-3-12(4-2-11)19-13-7-17(8-13)5-6-18-10-15-9-16-18/h1-4,9-10,13H,5-8H2. The van der Waals surface area contributed by atoms with Gasteiger partial charge < -0.3 is 4.74 Å². The maximum atomic E-state index is 12.7. The van der Waals surface area contributed by atoms with Crippen LogP contribution in [0.1, 0.15) is 0 Å². The van der Waals surface area contributed by atoms with Gasteiger partial charge in [-0.2, -0.15) is 5.10 Å². The molecule has 2 aromatic rings. The molecule has 100 valence electrons. The maximum Gasteiger partial charge on any atom is 0.137 e. The Morgan fingerprint density at radius 3 is 2.68 bits per heavy atom. The average molecular weight is 262 g/mol. The molecule has 0 amide bonds. The van der Waals surface area contributed by atoms with Crippen LogP contribution in [0.4, 0.5) is 4.39 Å². The van der Waals surface area contributed by atoms with Crippen molar-refractivity contribution in [2.75, 3.05) is 19.6 Å². The number of benzene rings is 1. The van der Waals surface area contributed by atoms with Crippen LogP contribution in [0.15, 0.2) is 36.9 Å². The number of ether oxygens (including phenoxy) is 1. The molecule has 0 saturated carbocycles. The Labute approximate surface area is 110 Å². The summed E-state index contributed by atoms with van der Waals surface area (Å²) in [5, 5.41) is 4.05. The third-order valence-electron chi connectivity index (χ3n) is 3.15. The SMILES string of the molecule is Fc1ccc(OC2CN(CCn3cncn3)C2)cc1. The average Bonchev–Trinajstić information content (AvgIpc) is 2.87. The number of nitrogens with zero attached hydrogens (tertiary/aromatic N) is 4. The summed E-state index contributed by atoms with van der Waals surface area (Å²) in [6.07, 6.45) is 3.45. The van der Waals surface area contributed by atoms with Crippen molar-refractivity contribution in [2.24, 2.45) is 0 Å². The van der Waals surface area contributed by atoms with Gasteiger partial charge in [-0.1, -0.05) is 0 Å². The Morgan fingerprint density at radius 1 is 1.21 bits per heavy atom. The maximum absolute atomic E-state index is 12.7. The number of rotatable bonds is 5. The Bertz CT molecular complexity index is 508. The van der Waals surface area contributed by atoms with Crippen LogP contribution >= 0.6 is 0 Å². The molecule has 0 aliphatic carbocycles. The van der Waals surface area contributed by atoms with Gasteiger partial charge >= 0.3 is 0 Å². The minimum absolute atomic E-state index is 0.196. The predicted molar refractivity (Wildman–Crippen MR) is 67.3 cm³/mol. The van der Waals surface area contributed by atoms with Crippen molar-refractivity contribution in [1.29, 1.82) is 0 Å². The van der Waals surface area contributed by atoms with Crippen LogP contribution in [0.25, 0.3) is 0 Å². The van der Waals surface area contributed by atoms with Crippen LogP contribution in [-0.4, -0.2) is 45.4 Å². The quantitative estimate of drug-likeness (QED) is 0.811. The van der Waals surface area contributed by atoms with Crippen molar-refractivity contribution in [3.63, 3.8) is 0 Å². The van der Waals surface area contributed by atoms with E-state index in [1.807, 2.05) is 4.68 Å². The molecule has 3 rings (SSSR count). The molecule has 0 unspecified atom stereocenters. The number of aromatic nitrogens is 3. The van der Waals surface area contributed by atoms with Crippen LogP contribution < -0.4 is 4.74 Å². The van der Waals surface area contributed by atoms with Crippen molar-refractivity contribution < 1.29 is 9.13 Å². The fraction of sp³-hybridized carbons (Fsp3) is 0.385. The molecular formula is C13H15FN4O. The third kappa shape index (κ3) is 3.08. The molecule has 6 heteroatoms. The zero-order valence-corrected chi connectivity index (χ0v) is 10.4. The van der Waals surface area contributed by atoms with Crippen LogP contribution in [0.3, 0.4) is 0 Å². The van der Waals surface area contributed by atoms with E-state index in [1.54, 1.807) is 18.5 Å². The second-order valence-electron chi connectivity index (χ2n) is 4.61. The summed E-state index contributed by atoms with van der Waals surface area (Å²) in [7, 11) is 0. The number of hydrogen-bond acceptors (Lipinski definition) is 4. The first kappa shape index (κ1) is 12.1. The number of halogens is 1. The molecule has 0 spiro atoms. The Morgan fingerprint density at radius 2 is 2.00 bits per heavy atom. The summed E-state index contributed by atoms with van der Waals surface area (Å²) in [5.41, 5.74) is 0. The van der Waals surface area contributed by atoms with Gasteiger partial charge in [-0.3, -0.25) is 9.58 Å². The first-order chi connectivity index (χ1) is 9.29. The molecular weight excluding hydrogens is 247 g/mol. The van der Waals surface area contributed by atoms with E-state index in [2.05, 4.69) is 15.0 Å². The fourth-order valence-corrected chi connectivity index (χ4v) is 2.08. The summed E-state index contributed by atoms with van der Waals surface area (Å²) in [4.78, 5) is 6.19. The molecule has 0 radical (unpaired) electrons. The Balaban J connectivity index is 1.39. The second-order valence-corrected chi connectivity index (χ2v) is 4.61. The summed E-state index contributed by atoms with van der Waals surface area (Å²) in [6, 6.07) is 6.15. The first-order valence-electron chi connectivity index (χ1n) is 6.26. The van der Waals surface area contributed by atoms with E-state index in [9.17, 15) is 4.39 Å². The zero-order valence-electron chi connectivity index (χ0n) is 10.4. The summed E-state index contributed by atoms with van der Waals surface area (Å²) < 4.78 is 20.3. The summed E-state index contributed by atoms with van der Waals surface area (Å²) >= 11 is 0. The second kappa shape index (κ2) is 5.36. The van der Waals surface area contributed by atoms with Gasteiger partial charge in [0.05, 0.1) is 6.54 Å². The molecule has 1 fully saturated rings. The van der Waals surface area contributed by atoms with E-state index in [0.29, 0.717) is 0 Å². The van der Waals surface area contributed by atoms with Crippen LogP contribution in [0, 0.1) is 5.82 Å². The monoisotopic (exact) mass is 262 g/mol. The molecule has 0 atom stereocenters. The molecule has 2 heterocycles. The normalized spacial score (nSPS) is 16.3. The van der Waals surface area contributed by atoms with Gasteiger partial charge in [0.1, 0.15) is 30.3 Å². The van der Waals surface area contributed by atoms with Gasteiger partial charge in [-0.15, -0.1) is 0 Å². The van der Waals surface area contributed by atoms with Gasteiger partial charge in [-0.25, -0.2) is 9.37 Å². The Kier molecular flexibility index (Phi) is 3.41. The van der Waals surface area contributed by atoms with E-state index < -0.39 is 0 Å². The highest BCUT2D eigenvalue weighted by Gasteiger charge is 2.27. The summed E-state index contributed by atoms with van der Waals surface area (Å²) in [5.74, 6) is 0.484. The molecule has 1 aromatic heterocycles. The van der Waals surface area contributed by atoms with Crippen LogP contribution in [-0.2, 0) is 6.54 Å². The van der Waals surface area contributed by atoms with E-state index in [0.717, 1.165) is 31.9 Å². The number of hydrogen-bond donors (Lipinski definition) is 0. The molecule has 5 nitrogen and oxygen atoms in total. The van der Waals surface area contributed by atoms with Crippen molar-refractivity contribution in [3.05, 3.63) is 42.7 Å². The van der Waals surface area contributed by atoms with Crippen LogP contribution in [0.2, 0.25) is 0 Å². The Hall–Kier alpha value is -1.95. The minimum Gasteiger partial charge on any atom is -0.488 e. The highest BCUT2D eigenvalue weighted by molar-refractivity contribution is 5.22. The van der Waals surface area contributed by atoms with Crippen molar-refractivity contribution in [3.8, 4) is 5.75 Å². The molecule has 0 bridgehead atoms. The fourth-order valence-electron chi connectivity index (χ4n) is 2.08. The zero-order chi connectivity index (χ0) is 13.1. The lowest BCUT2D eigenvalue weighted by Gasteiger charge is -2.38. The van der Waals surface area contributed by atoms with Crippen molar-refractivity contribution in [1.82, 2.24) is 19.7 Å². The largest absolute Gasteiger partial charge is 0.488 e. The van der Waals surface area contributed by atoms with Crippen molar-refractivity contribution >= 4 is 0 Å². The molecule has 1 aromatic carbocycles. The van der Waals surface area contributed by atoms with E-state index in [4.69, 9.17) is 4.74 Å². The van der Waals surface area contributed by atoms with Crippen LogP contribution in [0.5, 0.6) is 5.75 Å². The topological polar surface area (TPSA) is 43.2 Å². The third-order valence-corrected chi connectivity index (χ3v) is 3.15. The summed E-state index contributed by atoms with van der Waals surface area (Å²) in [6.45, 7) is 3.56. The van der Waals surface area contributed by atoms with Gasteiger partial charge in [0.15, 0.2) is 0 Å². The van der Waals surface area contributed by atoms with Crippen molar-refractivity contribution in [2.45, 2.75) is 12.6 Å². The van der Waals surface area contributed by atoms with E-state index in [1.165, 1.54) is 18.5 Å². The first-order valence-corrected chi connectivity index (χ1v) is 6.26. The lowest BCUT2D eigenvalue weighted by Crippen LogP contribution is -2.54. The predicted octanol–water partition coefficient (Wildman–Crippen LogP) is 1.18. The molecule has 1 aliphatic heterocycles. The highest BCUT2D eigenvalue weighted by Crippen LogP contribution is 2.18. The number of likely N-dealkylation sites (tertiary alicyclic amines) is 1. The lowest BCUT2D eigenvalue weighted by atomic mass is 10.1. The minimum atomic E-state index is -0.240. The molecule has 1 aliphatic rings. The molecule has 1 saturated heterocycles. The molecule has 0 N–H and O–H groups in total. The van der Waals surface area contributed by atoms with E-state index in [-0.39, 0.29) is 11.9 Å². The van der Waals surface area contributed by atoms with Gasteiger partial charge in [-0.05, 0) is 24.3 Å².